The van der Waals surface area contributed by atoms with E-state index in [0.717, 1.165) is 21.6 Å². The highest BCUT2D eigenvalue weighted by atomic mass is 16.5. The number of allylic oxidation sites excluding steroid dienone is 2. The molecular weight excluding hydrogens is 705 g/mol. The lowest BCUT2D eigenvalue weighted by molar-refractivity contribution is -0.184. The minimum atomic E-state index is -1.68. The molecule has 5 aliphatic carbocycles. The molecule has 0 N–H and O–H groups in total. The number of esters is 2. The number of fused-ring (bicyclic) bond motifs is 3. The van der Waals surface area contributed by atoms with Gasteiger partial charge < -0.3 is 9.47 Å². The van der Waals surface area contributed by atoms with Crippen LogP contribution in [0.5, 0.6) is 0 Å². The molecule has 0 aromatic heterocycles. The molecule has 12 aromatic carbocycles. The first kappa shape index (κ1) is 28.1. The summed E-state index contributed by atoms with van der Waals surface area (Å²) >= 11 is 0. The molecule has 57 heavy (non-hydrogen) atoms. The third-order valence-corrected chi connectivity index (χ3v) is 18.2. The highest BCUT2D eigenvalue weighted by molar-refractivity contribution is 6.64. The summed E-state index contributed by atoms with van der Waals surface area (Å²) < 4.78 is 11.5. The third kappa shape index (κ3) is 1.84. The van der Waals surface area contributed by atoms with Crippen LogP contribution in [0.4, 0.5) is 0 Å². The van der Waals surface area contributed by atoms with E-state index >= 15 is 9.59 Å². The van der Waals surface area contributed by atoms with E-state index in [-0.39, 0.29) is 5.78 Å². The Morgan fingerprint density at radius 2 is 0.789 bits per heavy atom. The van der Waals surface area contributed by atoms with Crippen LogP contribution in [0.1, 0.15) is 38.8 Å². The molecule has 266 valence electrons. The molecule has 12 aromatic rings. The van der Waals surface area contributed by atoms with Crippen LogP contribution in [0.3, 0.4) is 0 Å². The van der Waals surface area contributed by atoms with E-state index < -0.39 is 39.0 Å². The molecule has 0 saturated heterocycles. The second-order valence-corrected chi connectivity index (χ2v) is 19.1. The van der Waals surface area contributed by atoms with Gasteiger partial charge in [-0.1, -0.05) is 60.7 Å². The Labute approximate surface area is 321 Å². The summed E-state index contributed by atoms with van der Waals surface area (Å²) in [5, 5.41) is 31.0. The minimum Gasteiger partial charge on any atom is -0.469 e. The zero-order valence-electron chi connectivity index (χ0n) is 31.8. The highest BCUT2D eigenvalue weighted by Gasteiger charge is 3.01. The van der Waals surface area contributed by atoms with Gasteiger partial charge in [0.15, 0.2) is 0 Å². The van der Waals surface area contributed by atoms with Gasteiger partial charge >= 0.3 is 11.9 Å². The maximum absolute atomic E-state index is 16.0. The fourth-order valence-corrected chi connectivity index (χ4v) is 16.8. The van der Waals surface area contributed by atoms with Crippen molar-refractivity contribution in [3.05, 3.63) is 82.2 Å². The van der Waals surface area contributed by atoms with E-state index in [0.29, 0.717) is 0 Å². The number of hydrogen-bond acceptors (Lipinski definition) is 5. The van der Waals surface area contributed by atoms with E-state index in [1.165, 1.54) is 144 Å². The normalized spacial score (nSPS) is 25.4. The Bertz CT molecular complexity index is 4060. The van der Waals surface area contributed by atoms with Crippen LogP contribution in [0, 0.1) is 16.2 Å². The number of ketones is 1. The van der Waals surface area contributed by atoms with E-state index in [1.807, 2.05) is 6.92 Å². The number of carbonyl (C=O) groups is 3. The van der Waals surface area contributed by atoms with Gasteiger partial charge in [-0.15, -0.1) is 0 Å². The summed E-state index contributed by atoms with van der Waals surface area (Å²) in [7, 11) is 2.77. The van der Waals surface area contributed by atoms with Crippen LogP contribution in [0.15, 0.2) is 60.7 Å². The van der Waals surface area contributed by atoms with Gasteiger partial charge in [-0.25, -0.2) is 0 Å². The number of Topliss-reactive ketones (excluding diaryl/α,β-unsaturated/α-hetero) is 1. The quantitative estimate of drug-likeness (QED) is 0.130. The van der Waals surface area contributed by atoms with E-state index in [4.69, 9.17) is 9.47 Å². The van der Waals surface area contributed by atoms with Gasteiger partial charge in [-0.2, -0.15) is 0 Å². The van der Waals surface area contributed by atoms with Gasteiger partial charge in [-0.05, 0) is 179 Å². The first-order valence-corrected chi connectivity index (χ1v) is 20.1. The maximum Gasteiger partial charge on any atom is 0.313 e. The summed E-state index contributed by atoms with van der Waals surface area (Å²) in [5.74, 6) is -1.22. The monoisotopic (exact) mass is 732 g/mol. The van der Waals surface area contributed by atoms with Crippen molar-refractivity contribution in [3.63, 3.8) is 0 Å². The molecule has 5 heteroatoms. The smallest absolute Gasteiger partial charge is 0.313 e. The number of hydrogen-bond donors (Lipinski definition) is 0. The third-order valence-electron chi connectivity index (χ3n) is 18.2. The molecule has 3 atom stereocenters. The lowest BCUT2D eigenvalue weighted by Crippen LogP contribution is -2.59. The Morgan fingerprint density at radius 1 is 0.456 bits per heavy atom. The lowest BCUT2D eigenvalue weighted by Gasteiger charge is -2.47. The van der Waals surface area contributed by atoms with Crippen molar-refractivity contribution in [1.29, 1.82) is 0 Å². The highest BCUT2D eigenvalue weighted by Crippen LogP contribution is 2.96. The van der Waals surface area contributed by atoms with Crippen LogP contribution >= 0.6 is 0 Å². The van der Waals surface area contributed by atoms with Crippen LogP contribution in [0.2, 0.25) is 0 Å². The molecule has 1 fully saturated rings. The van der Waals surface area contributed by atoms with Gasteiger partial charge in [-0.3, -0.25) is 14.4 Å². The molecule has 5 nitrogen and oxygen atoms in total. The van der Waals surface area contributed by atoms with Crippen molar-refractivity contribution in [1.82, 2.24) is 0 Å². The Balaban J connectivity index is 1.30. The average molecular weight is 733 g/mol. The van der Waals surface area contributed by atoms with Crippen LogP contribution in [0.25, 0.3) is 130 Å². The first-order chi connectivity index (χ1) is 27.6. The van der Waals surface area contributed by atoms with Gasteiger partial charge in [0.1, 0.15) is 5.78 Å². The number of ether oxygens (including phenoxy) is 2. The average Bonchev–Trinajstić information content (AvgIpc) is 3.83. The van der Waals surface area contributed by atoms with Crippen molar-refractivity contribution in [2.45, 2.75) is 38.5 Å². The van der Waals surface area contributed by atoms with Crippen molar-refractivity contribution in [3.8, 4) is 0 Å². The standard InChI is InChI=1S/C52H28O5/c1-17(53)52(49(4,47(55)57-6)48(2,3)46(54)56-5)50-26-15-16-27-25-14-12-23-21-10-8-19-18-7-9-20-22-11-13-24(26)34-32(22)37-30(20)28(18)36-29(19)31(21)38-33(23)35(25)45(51(27,50)52)43-41(38)39(36)40(37)42(43)44(34)50/h7-16H,1-6H3. The number of carbonyl (C=O) groups excluding carboxylic acids is 3. The van der Waals surface area contributed by atoms with Crippen LogP contribution in [-0.4, -0.2) is 31.9 Å². The minimum absolute atomic E-state index is 0.104. The molecule has 2 spiro atoms. The van der Waals surface area contributed by atoms with Crippen molar-refractivity contribution < 1.29 is 23.9 Å². The fraction of sp³-hybridized carbons (Fsp3) is 0.212. The summed E-state index contributed by atoms with van der Waals surface area (Å²) in [6.07, 6.45) is 4.55. The molecule has 0 aliphatic heterocycles. The molecule has 0 heterocycles. The lowest BCUT2D eigenvalue weighted by atomic mass is 9.52. The molecule has 5 aliphatic rings. The fourth-order valence-electron chi connectivity index (χ4n) is 16.8. The van der Waals surface area contributed by atoms with Gasteiger partial charge in [0, 0.05) is 0 Å². The molecule has 0 bridgehead atoms. The summed E-state index contributed by atoms with van der Waals surface area (Å²) in [4.78, 5) is 45.7. The number of rotatable bonds is 5. The van der Waals surface area contributed by atoms with Crippen molar-refractivity contribution in [2.75, 3.05) is 14.2 Å². The Kier molecular flexibility index (Phi) is 3.51. The molecule has 0 radical (unpaired) electrons. The van der Waals surface area contributed by atoms with Gasteiger partial charge in [0.25, 0.3) is 0 Å². The van der Waals surface area contributed by atoms with Gasteiger partial charge in [0.2, 0.25) is 0 Å². The zero-order valence-corrected chi connectivity index (χ0v) is 31.8. The first-order valence-electron chi connectivity index (χ1n) is 20.1. The van der Waals surface area contributed by atoms with E-state index in [1.54, 1.807) is 20.8 Å². The second kappa shape index (κ2) is 7.11. The Morgan fingerprint density at radius 3 is 1.16 bits per heavy atom. The number of methoxy groups -OCH3 is 2. The maximum atomic E-state index is 16.0. The molecular formula is C52H28O5. The molecule has 17 rings (SSSR count). The number of benzene rings is 8. The predicted molar refractivity (Wildman–Crippen MR) is 226 cm³/mol. The van der Waals surface area contributed by atoms with E-state index in [9.17, 15) is 4.79 Å². The zero-order chi connectivity index (χ0) is 37.9. The summed E-state index contributed by atoms with van der Waals surface area (Å²) in [5.41, 5.74) is -2.10. The predicted octanol–water partition coefficient (Wildman–Crippen LogP) is 9.23. The summed E-state index contributed by atoms with van der Waals surface area (Å²) in [6, 6.07) is 18.7. The topological polar surface area (TPSA) is 69.7 Å². The summed E-state index contributed by atoms with van der Waals surface area (Å²) in [6.45, 7) is 7.12. The SMILES string of the molecule is COC(=O)C(C)(C)C(C)(C(=O)OC)C1(C(C)=O)C23C4=c5ccc6c7ccc8c9ccc%10c%11ccc%12c%13c(c%14c%15c2c5c6c2c7c8c5c9c%10c(c%13%11)c%14c5c%152)C31C=%12C=C4. The van der Waals surface area contributed by atoms with Crippen LogP contribution in [-0.2, 0) is 34.7 Å². The van der Waals surface area contributed by atoms with E-state index in [2.05, 4.69) is 60.7 Å². The van der Waals surface area contributed by atoms with Crippen molar-refractivity contribution >= 4 is 147 Å². The largest absolute Gasteiger partial charge is 0.469 e. The van der Waals surface area contributed by atoms with Gasteiger partial charge in [0.05, 0.1) is 41.3 Å². The van der Waals surface area contributed by atoms with Crippen molar-refractivity contribution in [2.24, 2.45) is 16.2 Å². The Hall–Kier alpha value is -6.33. The molecule has 1 saturated carbocycles. The van der Waals surface area contributed by atoms with Crippen LogP contribution < -0.4 is 10.4 Å². The second-order valence-electron chi connectivity index (χ2n) is 19.1. The molecule has 3 unspecified atom stereocenters. The molecule has 0 amide bonds.